The lowest BCUT2D eigenvalue weighted by Gasteiger charge is -2.54. The van der Waals surface area contributed by atoms with E-state index < -0.39 is 89.0 Å². The van der Waals surface area contributed by atoms with Crippen LogP contribution < -0.4 is 0 Å². The van der Waals surface area contributed by atoms with Crippen molar-refractivity contribution in [2.24, 2.45) is 11.3 Å². The second kappa shape index (κ2) is 9.99. The molecule has 0 bridgehead atoms. The molecule has 12 heteroatoms. The summed E-state index contributed by atoms with van der Waals surface area (Å²) >= 11 is 0. The van der Waals surface area contributed by atoms with Crippen molar-refractivity contribution in [1.29, 1.82) is 0 Å². The average Bonchev–Trinajstić information content (AvgIpc) is 3.42. The molecule has 2 heterocycles. The van der Waals surface area contributed by atoms with Gasteiger partial charge in [0.1, 0.15) is 24.4 Å². The summed E-state index contributed by atoms with van der Waals surface area (Å²) in [6, 6.07) is 0. The summed E-state index contributed by atoms with van der Waals surface area (Å²) < 4.78 is 34.9. The first-order chi connectivity index (χ1) is 18.5. The number of esters is 5. The molecule has 2 unspecified atom stereocenters. The monoisotopic (exact) mass is 564 g/mol. The Labute approximate surface area is 231 Å². The Bertz CT molecular complexity index is 1200. The van der Waals surface area contributed by atoms with Gasteiger partial charge < -0.3 is 33.5 Å². The van der Waals surface area contributed by atoms with Gasteiger partial charge in [-0.3, -0.25) is 19.2 Å². The van der Waals surface area contributed by atoms with Gasteiger partial charge in [0.2, 0.25) is 0 Å². The number of rotatable bonds is 4. The Morgan fingerprint density at radius 1 is 0.875 bits per heavy atom. The first kappa shape index (κ1) is 29.7. The van der Waals surface area contributed by atoms with Gasteiger partial charge in [-0.05, 0) is 32.4 Å². The van der Waals surface area contributed by atoms with Crippen LogP contribution in [0.1, 0.15) is 61.8 Å². The molecule has 2 fully saturated rings. The largest absolute Gasteiger partial charge is 0.461 e. The van der Waals surface area contributed by atoms with Crippen molar-refractivity contribution in [2.75, 3.05) is 0 Å². The molecule has 2 aliphatic carbocycles. The number of epoxide rings is 1. The summed E-state index contributed by atoms with van der Waals surface area (Å²) in [4.78, 5) is 62.7. The van der Waals surface area contributed by atoms with Crippen molar-refractivity contribution in [3.05, 3.63) is 23.3 Å². The van der Waals surface area contributed by atoms with E-state index in [-0.39, 0.29) is 12.0 Å². The van der Waals surface area contributed by atoms with E-state index in [1.165, 1.54) is 26.8 Å². The maximum absolute atomic E-state index is 13.1. The number of carbonyl (C=O) groups excluding carboxylic acids is 5. The Kier molecular flexibility index (Phi) is 7.42. The molecule has 10 atom stereocenters. The highest BCUT2D eigenvalue weighted by Gasteiger charge is 2.87. The molecule has 0 radical (unpaired) electrons. The number of ether oxygens (including phenoxy) is 6. The van der Waals surface area contributed by atoms with Crippen LogP contribution in [0.4, 0.5) is 0 Å². The maximum Gasteiger partial charge on any atom is 0.342 e. The number of fused-ring (bicyclic) bond motifs is 1. The fourth-order valence-corrected chi connectivity index (χ4v) is 6.90. The molecule has 4 rings (SSSR count). The van der Waals surface area contributed by atoms with Crippen LogP contribution in [0.5, 0.6) is 0 Å². The SMILES string of the molecule is CC(=O)OC1/C(C)=C\[C@@H]2OC(=O)[C@]3(C)O[C@]23C(OC(C)=O)[C@H]2C(C)=CC[C@H](OC(C)=O)[C@]2(C)[C@@H](OC(C)=O)[C@@H]1O. The molecule has 1 spiro atoms. The summed E-state index contributed by atoms with van der Waals surface area (Å²) in [7, 11) is 0. The zero-order chi connectivity index (χ0) is 29.9. The molecule has 0 aromatic heterocycles. The van der Waals surface area contributed by atoms with E-state index in [0.717, 1.165) is 13.8 Å². The number of aliphatic hydroxyl groups excluding tert-OH is 1. The van der Waals surface area contributed by atoms with Crippen LogP contribution in [0.3, 0.4) is 0 Å². The van der Waals surface area contributed by atoms with Gasteiger partial charge in [0.25, 0.3) is 0 Å². The fourth-order valence-electron chi connectivity index (χ4n) is 6.90. The Morgan fingerprint density at radius 2 is 1.43 bits per heavy atom. The molecular weight excluding hydrogens is 528 g/mol. The van der Waals surface area contributed by atoms with Crippen molar-refractivity contribution in [2.45, 2.75) is 110 Å². The van der Waals surface area contributed by atoms with Gasteiger partial charge >= 0.3 is 29.8 Å². The fraction of sp³-hybridized carbons (Fsp3) is 0.679. The van der Waals surface area contributed by atoms with E-state index in [4.69, 9.17) is 28.4 Å². The zero-order valence-corrected chi connectivity index (χ0v) is 23.8. The zero-order valence-electron chi connectivity index (χ0n) is 23.8. The van der Waals surface area contributed by atoms with E-state index in [0.29, 0.717) is 5.57 Å². The topological polar surface area (TPSA) is 164 Å². The average molecular weight is 565 g/mol. The second-order valence-corrected chi connectivity index (χ2v) is 11.4. The smallest absolute Gasteiger partial charge is 0.342 e. The summed E-state index contributed by atoms with van der Waals surface area (Å²) in [5.41, 5.74) is -3.61. The predicted molar refractivity (Wildman–Crippen MR) is 134 cm³/mol. The van der Waals surface area contributed by atoms with E-state index in [1.807, 2.05) is 0 Å². The maximum atomic E-state index is 13.1. The molecule has 12 nitrogen and oxygen atoms in total. The molecule has 2 saturated heterocycles. The van der Waals surface area contributed by atoms with Crippen molar-refractivity contribution < 1.29 is 57.5 Å². The third-order valence-electron chi connectivity index (χ3n) is 8.64. The number of hydrogen-bond donors (Lipinski definition) is 1. The molecule has 4 aliphatic rings. The second-order valence-electron chi connectivity index (χ2n) is 11.4. The highest BCUT2D eigenvalue weighted by Crippen LogP contribution is 2.65. The van der Waals surface area contributed by atoms with Crippen molar-refractivity contribution in [1.82, 2.24) is 0 Å². The third-order valence-corrected chi connectivity index (χ3v) is 8.64. The normalized spacial score (nSPS) is 43.2. The van der Waals surface area contributed by atoms with Gasteiger partial charge in [-0.15, -0.1) is 0 Å². The lowest BCUT2D eigenvalue weighted by atomic mass is 9.56. The summed E-state index contributed by atoms with van der Waals surface area (Å²) in [6.07, 6.45) is -4.34. The molecule has 2 aliphatic heterocycles. The third kappa shape index (κ3) is 4.41. The van der Waals surface area contributed by atoms with Crippen LogP contribution in [0, 0.1) is 11.3 Å². The summed E-state index contributed by atoms with van der Waals surface area (Å²) in [5.74, 6) is -4.42. The van der Waals surface area contributed by atoms with Crippen molar-refractivity contribution in [3.8, 4) is 0 Å². The molecule has 220 valence electrons. The van der Waals surface area contributed by atoms with Crippen molar-refractivity contribution in [3.63, 3.8) is 0 Å². The number of aliphatic hydroxyl groups is 1. The Morgan fingerprint density at radius 3 is 1.95 bits per heavy atom. The lowest BCUT2D eigenvalue weighted by molar-refractivity contribution is -0.217. The van der Waals surface area contributed by atoms with E-state index in [1.54, 1.807) is 26.8 Å². The van der Waals surface area contributed by atoms with Crippen LogP contribution in [-0.4, -0.2) is 82.8 Å². The number of hydrogen-bond acceptors (Lipinski definition) is 12. The van der Waals surface area contributed by atoms with Gasteiger partial charge in [0, 0.05) is 40.0 Å². The molecule has 40 heavy (non-hydrogen) atoms. The number of carbonyl (C=O) groups is 5. The molecule has 0 aromatic carbocycles. The van der Waals surface area contributed by atoms with E-state index in [2.05, 4.69) is 0 Å². The van der Waals surface area contributed by atoms with Crippen LogP contribution >= 0.6 is 0 Å². The molecule has 0 saturated carbocycles. The van der Waals surface area contributed by atoms with Gasteiger partial charge in [-0.25, -0.2) is 4.79 Å². The van der Waals surface area contributed by atoms with Gasteiger partial charge in [0.15, 0.2) is 23.4 Å². The minimum Gasteiger partial charge on any atom is -0.461 e. The minimum atomic E-state index is -1.67. The first-order valence-electron chi connectivity index (χ1n) is 13.1. The van der Waals surface area contributed by atoms with E-state index >= 15 is 0 Å². The van der Waals surface area contributed by atoms with Gasteiger partial charge in [-0.2, -0.15) is 0 Å². The summed E-state index contributed by atoms with van der Waals surface area (Å²) in [6.45, 7) is 11.2. The van der Waals surface area contributed by atoms with Crippen LogP contribution in [0.25, 0.3) is 0 Å². The van der Waals surface area contributed by atoms with Crippen LogP contribution in [0.15, 0.2) is 23.3 Å². The molecule has 1 N–H and O–H groups in total. The lowest BCUT2D eigenvalue weighted by Crippen LogP contribution is -2.65. The standard InChI is InChI=1S/C28H36O12/c1-12-9-10-18(35-14(3)29)26(7)20(12)23(37-16(5)31)28-19(39-25(34)27(28,8)40-28)11-13(2)22(36-15(4)30)21(33)24(26)38-17(6)32/h9,11,18-24,33H,10H2,1-8H3/b13-11-/t18-,19-,20+,21+,22?,23?,24-,26-,27-,28-/m0/s1. The molecule has 0 amide bonds. The van der Waals surface area contributed by atoms with Crippen LogP contribution in [-0.2, 0) is 52.4 Å². The molecular formula is C28H36O12. The quantitative estimate of drug-likeness (QED) is 0.227. The minimum absolute atomic E-state index is 0.173. The van der Waals surface area contributed by atoms with Crippen LogP contribution in [0.2, 0.25) is 0 Å². The predicted octanol–water partition coefficient (Wildman–Crippen LogP) is 1.46. The van der Waals surface area contributed by atoms with Gasteiger partial charge in [-0.1, -0.05) is 18.6 Å². The Balaban J connectivity index is 2.08. The van der Waals surface area contributed by atoms with E-state index in [9.17, 15) is 29.1 Å². The summed E-state index contributed by atoms with van der Waals surface area (Å²) in [5, 5.41) is 11.8. The Hall–Kier alpha value is -3.25. The highest BCUT2D eigenvalue weighted by atomic mass is 16.7. The van der Waals surface area contributed by atoms with Gasteiger partial charge in [0.05, 0.1) is 5.41 Å². The first-order valence-corrected chi connectivity index (χ1v) is 13.1. The highest BCUT2D eigenvalue weighted by molar-refractivity contribution is 5.89. The molecule has 0 aromatic rings. The van der Waals surface area contributed by atoms with Crippen molar-refractivity contribution >= 4 is 29.8 Å².